The van der Waals surface area contributed by atoms with Crippen LogP contribution >= 0.6 is 0 Å². The van der Waals surface area contributed by atoms with Crippen molar-refractivity contribution in [3.63, 3.8) is 0 Å². The van der Waals surface area contributed by atoms with Gasteiger partial charge in [0.05, 0.1) is 12.3 Å². The van der Waals surface area contributed by atoms with Gasteiger partial charge < -0.3 is 19.7 Å². The molecule has 7 nitrogen and oxygen atoms in total. The maximum Gasteiger partial charge on any atom is 0.412 e. The van der Waals surface area contributed by atoms with Gasteiger partial charge in [-0.15, -0.1) is 0 Å². The van der Waals surface area contributed by atoms with Crippen LogP contribution in [0.2, 0.25) is 0 Å². The molecule has 166 valence electrons. The average Bonchev–Trinajstić information content (AvgIpc) is 2.80. The Morgan fingerprint density at radius 2 is 1.81 bits per heavy atom. The third kappa shape index (κ3) is 6.09. The highest BCUT2D eigenvalue weighted by molar-refractivity contribution is 6.00. The van der Waals surface area contributed by atoms with Crippen LogP contribution in [0.5, 0.6) is 5.75 Å². The summed E-state index contributed by atoms with van der Waals surface area (Å²) in [6.07, 6.45) is 1.07. The number of carbonyl (C=O) groups excluding carboxylic acids is 1. The summed E-state index contributed by atoms with van der Waals surface area (Å²) in [6.45, 7) is 1.76. The summed E-state index contributed by atoms with van der Waals surface area (Å²) >= 11 is 0. The second-order valence-electron chi connectivity index (χ2n) is 7.18. The SMILES string of the molecule is C[C@H](/C=C/C(=O)O)[C@@H](OC(=O)Nc1cccc2ccccc12)c1cccc(OCCO)c1. The minimum absolute atomic E-state index is 0.130. The molecule has 0 aliphatic carbocycles. The van der Waals surface area contributed by atoms with Crippen LogP contribution in [0.3, 0.4) is 0 Å². The van der Waals surface area contributed by atoms with Crippen molar-refractivity contribution in [1.82, 2.24) is 0 Å². The minimum Gasteiger partial charge on any atom is -0.491 e. The number of carbonyl (C=O) groups is 2. The number of rotatable bonds is 9. The van der Waals surface area contributed by atoms with E-state index >= 15 is 0 Å². The van der Waals surface area contributed by atoms with Gasteiger partial charge >= 0.3 is 12.1 Å². The number of carboxylic acid groups (broad SMARTS) is 1. The van der Waals surface area contributed by atoms with Crippen LogP contribution in [0.1, 0.15) is 18.6 Å². The van der Waals surface area contributed by atoms with Crippen LogP contribution < -0.4 is 10.1 Å². The fourth-order valence-electron chi connectivity index (χ4n) is 3.35. The summed E-state index contributed by atoms with van der Waals surface area (Å²) in [5.74, 6) is -1.01. The Kier molecular flexibility index (Phi) is 7.83. The van der Waals surface area contributed by atoms with E-state index in [2.05, 4.69) is 5.32 Å². The molecule has 0 aliphatic heterocycles. The van der Waals surface area contributed by atoms with E-state index in [1.54, 1.807) is 37.3 Å². The summed E-state index contributed by atoms with van der Waals surface area (Å²) in [7, 11) is 0. The second kappa shape index (κ2) is 11.0. The van der Waals surface area contributed by atoms with E-state index in [4.69, 9.17) is 19.7 Å². The molecular formula is C25H25NO6. The molecule has 32 heavy (non-hydrogen) atoms. The van der Waals surface area contributed by atoms with Gasteiger partial charge in [0.2, 0.25) is 0 Å². The molecule has 0 radical (unpaired) electrons. The maximum absolute atomic E-state index is 12.8. The summed E-state index contributed by atoms with van der Waals surface area (Å²) in [6, 6.07) is 20.2. The second-order valence-corrected chi connectivity index (χ2v) is 7.18. The Morgan fingerprint density at radius 1 is 1.06 bits per heavy atom. The molecule has 7 heteroatoms. The van der Waals surface area contributed by atoms with Crippen LogP contribution in [0.15, 0.2) is 78.9 Å². The first kappa shape index (κ1) is 22.8. The number of anilines is 1. The number of nitrogens with one attached hydrogen (secondary N) is 1. The molecule has 0 bridgehead atoms. The molecule has 1 amide bonds. The third-order valence-corrected chi connectivity index (χ3v) is 4.83. The number of hydrogen-bond donors (Lipinski definition) is 3. The van der Waals surface area contributed by atoms with Crippen molar-refractivity contribution >= 4 is 28.5 Å². The predicted molar refractivity (Wildman–Crippen MR) is 122 cm³/mol. The molecule has 0 fully saturated rings. The number of carboxylic acids is 1. The van der Waals surface area contributed by atoms with E-state index in [1.165, 1.54) is 6.08 Å². The number of benzene rings is 3. The van der Waals surface area contributed by atoms with Gasteiger partial charge in [-0.1, -0.05) is 61.5 Å². The molecule has 3 rings (SSSR count). The number of fused-ring (bicyclic) bond motifs is 1. The van der Waals surface area contributed by atoms with Crippen LogP contribution in [0.25, 0.3) is 10.8 Å². The van der Waals surface area contributed by atoms with Crippen molar-refractivity contribution in [2.24, 2.45) is 5.92 Å². The molecule has 0 saturated carbocycles. The largest absolute Gasteiger partial charge is 0.491 e. The van der Waals surface area contributed by atoms with E-state index in [1.807, 2.05) is 36.4 Å². The van der Waals surface area contributed by atoms with Crippen LogP contribution in [-0.4, -0.2) is 35.5 Å². The zero-order valence-electron chi connectivity index (χ0n) is 17.6. The molecule has 3 aromatic rings. The van der Waals surface area contributed by atoms with Crippen molar-refractivity contribution in [2.75, 3.05) is 18.5 Å². The number of aliphatic carboxylic acids is 1. The van der Waals surface area contributed by atoms with Crippen molar-refractivity contribution in [3.8, 4) is 5.75 Å². The highest BCUT2D eigenvalue weighted by atomic mass is 16.6. The first-order valence-electron chi connectivity index (χ1n) is 10.2. The molecule has 0 unspecified atom stereocenters. The van der Waals surface area contributed by atoms with Crippen molar-refractivity contribution in [2.45, 2.75) is 13.0 Å². The van der Waals surface area contributed by atoms with Crippen LogP contribution in [0, 0.1) is 5.92 Å². The molecular weight excluding hydrogens is 410 g/mol. The van der Waals surface area contributed by atoms with Crippen molar-refractivity contribution in [1.29, 1.82) is 0 Å². The predicted octanol–water partition coefficient (Wildman–Crippen LogP) is 4.78. The standard InChI is InChI=1S/C25H25NO6/c1-17(12-13-23(28)29)24(19-8-4-9-20(16-19)31-15-14-27)32-25(30)26-22-11-5-7-18-6-2-3-10-21(18)22/h2-13,16-17,24,27H,14-15H2,1H3,(H,26,30)(H,28,29)/b13-12+/t17-,24-/m1/s1. The van der Waals surface area contributed by atoms with E-state index in [0.717, 1.165) is 16.8 Å². The molecule has 0 aliphatic rings. The molecule has 0 aromatic heterocycles. The topological polar surface area (TPSA) is 105 Å². The smallest absolute Gasteiger partial charge is 0.412 e. The molecule has 2 atom stereocenters. The molecule has 0 saturated heterocycles. The minimum atomic E-state index is -1.09. The summed E-state index contributed by atoms with van der Waals surface area (Å²) in [4.78, 5) is 23.8. The van der Waals surface area contributed by atoms with E-state index in [9.17, 15) is 9.59 Å². The third-order valence-electron chi connectivity index (χ3n) is 4.83. The summed E-state index contributed by atoms with van der Waals surface area (Å²) in [5, 5.41) is 22.6. The lowest BCUT2D eigenvalue weighted by molar-refractivity contribution is -0.131. The highest BCUT2D eigenvalue weighted by Crippen LogP contribution is 2.31. The molecule has 0 spiro atoms. The van der Waals surface area contributed by atoms with Gasteiger partial charge in [0.1, 0.15) is 18.5 Å². The van der Waals surface area contributed by atoms with Gasteiger partial charge in [-0.25, -0.2) is 9.59 Å². The van der Waals surface area contributed by atoms with Gasteiger partial charge in [-0.2, -0.15) is 0 Å². The van der Waals surface area contributed by atoms with Gasteiger partial charge in [0.25, 0.3) is 0 Å². The van der Waals surface area contributed by atoms with E-state index in [0.29, 0.717) is 17.0 Å². The lowest BCUT2D eigenvalue weighted by Gasteiger charge is -2.23. The Bertz CT molecular complexity index is 1110. The van der Waals surface area contributed by atoms with Gasteiger partial charge in [-0.3, -0.25) is 5.32 Å². The lowest BCUT2D eigenvalue weighted by atomic mass is 9.96. The van der Waals surface area contributed by atoms with Crippen LogP contribution in [0.4, 0.5) is 10.5 Å². The zero-order chi connectivity index (χ0) is 22.9. The zero-order valence-corrected chi connectivity index (χ0v) is 17.6. The Morgan fingerprint density at radius 3 is 2.59 bits per heavy atom. The molecule has 0 heterocycles. The number of aliphatic hydroxyl groups excluding tert-OH is 1. The molecule has 3 N–H and O–H groups in total. The first-order valence-corrected chi connectivity index (χ1v) is 10.2. The fraction of sp³-hybridized carbons (Fsp3) is 0.200. The van der Waals surface area contributed by atoms with Gasteiger partial charge in [0, 0.05) is 17.4 Å². The highest BCUT2D eigenvalue weighted by Gasteiger charge is 2.23. The number of ether oxygens (including phenoxy) is 2. The summed E-state index contributed by atoms with van der Waals surface area (Å²) < 4.78 is 11.2. The quantitative estimate of drug-likeness (QED) is 0.418. The fourth-order valence-corrected chi connectivity index (χ4v) is 3.35. The van der Waals surface area contributed by atoms with Crippen molar-refractivity contribution in [3.05, 3.63) is 84.4 Å². The molecule has 3 aromatic carbocycles. The lowest BCUT2D eigenvalue weighted by Crippen LogP contribution is -2.21. The van der Waals surface area contributed by atoms with Gasteiger partial charge in [-0.05, 0) is 29.1 Å². The average molecular weight is 435 g/mol. The van der Waals surface area contributed by atoms with Gasteiger partial charge in [0.15, 0.2) is 0 Å². The normalized spacial score (nSPS) is 12.9. The van der Waals surface area contributed by atoms with E-state index < -0.39 is 24.1 Å². The Balaban J connectivity index is 1.84. The monoisotopic (exact) mass is 435 g/mol. The Hall–Kier alpha value is -3.84. The number of aliphatic hydroxyl groups is 1. The van der Waals surface area contributed by atoms with E-state index in [-0.39, 0.29) is 13.2 Å². The maximum atomic E-state index is 12.8. The first-order chi connectivity index (χ1) is 15.5. The summed E-state index contributed by atoms with van der Waals surface area (Å²) in [5.41, 5.74) is 1.25. The Labute approximate surface area is 185 Å². The number of amides is 1. The van der Waals surface area contributed by atoms with Crippen molar-refractivity contribution < 1.29 is 29.3 Å². The number of hydrogen-bond acceptors (Lipinski definition) is 5. The van der Waals surface area contributed by atoms with Crippen LogP contribution in [-0.2, 0) is 9.53 Å².